The average Bonchev–Trinajstić information content (AvgIpc) is 3.44. The van der Waals surface area contributed by atoms with Crippen molar-refractivity contribution in [3.8, 4) is 0 Å². The number of hydrogen-bond acceptors (Lipinski definition) is 8. The van der Waals surface area contributed by atoms with Crippen LogP contribution < -0.4 is 5.73 Å². The van der Waals surface area contributed by atoms with Gasteiger partial charge < -0.3 is 20.1 Å². The Hall–Kier alpha value is -3.59. The Kier molecular flexibility index (Phi) is 60.7. The summed E-state index contributed by atoms with van der Waals surface area (Å²) in [7, 11) is -4.40. The van der Waals surface area contributed by atoms with Crippen molar-refractivity contribution in [2.45, 2.75) is 277 Å². The zero-order valence-electron chi connectivity index (χ0n) is 50.6. The van der Waals surface area contributed by atoms with Gasteiger partial charge in [-0.3, -0.25) is 18.6 Å². The Bertz CT molecular complexity index is 1710. The molecule has 2 atom stereocenters. The van der Waals surface area contributed by atoms with Gasteiger partial charge in [0.05, 0.1) is 13.2 Å². The number of ether oxygens (including phenoxy) is 2. The number of nitrogens with two attached hydrogens (primary N) is 1. The molecule has 0 bridgehead atoms. The second kappa shape index (κ2) is 63.6. The van der Waals surface area contributed by atoms with E-state index in [4.69, 9.17) is 24.3 Å². The molecule has 0 fully saturated rings. The normalized spacial score (nSPS) is 13.8. The molecular weight excluding hydrogens is 1000 g/mol. The molecule has 0 aromatic rings. The predicted octanol–water partition coefficient (Wildman–Crippen LogP) is 20.7. The summed E-state index contributed by atoms with van der Waals surface area (Å²) >= 11 is 0. The average molecular weight is 1120 g/mol. The highest BCUT2D eigenvalue weighted by Crippen LogP contribution is 2.43. The maximum absolute atomic E-state index is 12.7. The standard InChI is InChI=1S/C69H118NO8P/c1-3-5-7-9-11-13-15-17-19-21-23-25-27-29-30-31-32-33-34-35-36-38-40-42-44-46-48-50-52-54-56-58-60-62-69(72)78-67(66-77-79(73,74)76-64-63-70)65-75-68(71)61-59-57-55-53-51-49-47-45-43-41-39-37-28-26-24-22-20-18-16-14-12-10-8-6-4-2/h5,7,11,13,16-19,22-25,29-30,32-33,35-36,40,42,67H,3-4,6,8-10,12,14-15,20-21,26-28,31,34,37-39,41,43-66,70H2,1-2H3,(H,73,74)/b7-5-,13-11-,18-16-,19-17-,24-22-,25-23-,30-29-,33-32-,36-35-,42-40-. The Morgan fingerprint density at radius 1 is 0.392 bits per heavy atom. The van der Waals surface area contributed by atoms with Crippen LogP contribution >= 0.6 is 7.82 Å². The van der Waals surface area contributed by atoms with E-state index in [9.17, 15) is 19.0 Å². The minimum atomic E-state index is -4.40. The molecule has 0 saturated heterocycles. The highest BCUT2D eigenvalue weighted by molar-refractivity contribution is 7.47. The van der Waals surface area contributed by atoms with Crippen LogP contribution in [0.2, 0.25) is 0 Å². The number of phosphoric ester groups is 1. The van der Waals surface area contributed by atoms with Crippen LogP contribution in [-0.2, 0) is 32.7 Å². The van der Waals surface area contributed by atoms with Crippen LogP contribution in [0.15, 0.2) is 122 Å². The van der Waals surface area contributed by atoms with Gasteiger partial charge >= 0.3 is 19.8 Å². The zero-order chi connectivity index (χ0) is 57.3. The van der Waals surface area contributed by atoms with E-state index in [1.54, 1.807) is 0 Å². The van der Waals surface area contributed by atoms with Crippen molar-refractivity contribution in [2.24, 2.45) is 5.73 Å². The third-order valence-corrected chi connectivity index (χ3v) is 14.3. The lowest BCUT2D eigenvalue weighted by atomic mass is 10.0. The first-order valence-electron chi connectivity index (χ1n) is 32.0. The third kappa shape index (κ3) is 63.5. The Balaban J connectivity index is 4.00. The number of phosphoric acid groups is 1. The third-order valence-electron chi connectivity index (χ3n) is 13.3. The molecule has 0 rings (SSSR count). The van der Waals surface area contributed by atoms with Crippen LogP contribution in [-0.4, -0.2) is 49.3 Å². The maximum Gasteiger partial charge on any atom is 0.472 e. The molecule has 0 aliphatic rings. The van der Waals surface area contributed by atoms with Gasteiger partial charge in [-0.15, -0.1) is 0 Å². The number of esters is 2. The Morgan fingerprint density at radius 2 is 0.696 bits per heavy atom. The molecule has 9 nitrogen and oxygen atoms in total. The summed E-state index contributed by atoms with van der Waals surface area (Å²) < 4.78 is 33.1. The molecular formula is C69H118NO8P. The predicted molar refractivity (Wildman–Crippen MR) is 339 cm³/mol. The SMILES string of the molecule is CC/C=C\C/C=C\C/C=C\C/C=C\C/C=C\C/C=C\C/C=C\C/C=C\CCCCCCCCCCC(=O)OC(COC(=O)CCCCCCCCCCCCCCC/C=C\C/C=C\CCCCCCC)COP(=O)(O)OCCN. The van der Waals surface area contributed by atoms with E-state index in [0.717, 1.165) is 103 Å². The molecule has 10 heteroatoms. The molecule has 0 aromatic heterocycles. The molecule has 0 saturated carbocycles. The largest absolute Gasteiger partial charge is 0.472 e. The molecule has 0 radical (unpaired) electrons. The second-order valence-electron chi connectivity index (χ2n) is 20.9. The van der Waals surface area contributed by atoms with Crippen LogP contribution in [0.25, 0.3) is 0 Å². The molecule has 0 spiro atoms. The maximum atomic E-state index is 12.7. The van der Waals surface area contributed by atoms with E-state index in [1.807, 2.05) is 0 Å². The summed E-state index contributed by atoms with van der Waals surface area (Å²) in [5.74, 6) is -0.839. The fourth-order valence-electron chi connectivity index (χ4n) is 8.62. The van der Waals surface area contributed by atoms with Crippen LogP contribution in [0.5, 0.6) is 0 Å². The van der Waals surface area contributed by atoms with Crippen molar-refractivity contribution >= 4 is 19.8 Å². The lowest BCUT2D eigenvalue weighted by Crippen LogP contribution is -2.29. The van der Waals surface area contributed by atoms with Gasteiger partial charge in [-0.2, -0.15) is 0 Å². The highest BCUT2D eigenvalue weighted by atomic mass is 31.2. The zero-order valence-corrected chi connectivity index (χ0v) is 51.5. The van der Waals surface area contributed by atoms with Gasteiger partial charge in [-0.25, -0.2) is 4.57 Å². The van der Waals surface area contributed by atoms with Gasteiger partial charge in [0.2, 0.25) is 0 Å². The number of unbranched alkanes of at least 4 members (excludes halogenated alkanes) is 26. The smallest absolute Gasteiger partial charge is 0.462 e. The Labute approximate surface area is 485 Å². The number of carbonyl (C=O) groups is 2. The fraction of sp³-hybridized carbons (Fsp3) is 0.681. The van der Waals surface area contributed by atoms with E-state index < -0.39 is 26.5 Å². The van der Waals surface area contributed by atoms with Gasteiger partial charge in [-0.05, 0) is 109 Å². The number of rotatable bonds is 59. The van der Waals surface area contributed by atoms with Crippen LogP contribution in [0.1, 0.15) is 271 Å². The van der Waals surface area contributed by atoms with Gasteiger partial charge in [0.1, 0.15) is 6.61 Å². The lowest BCUT2D eigenvalue weighted by Gasteiger charge is -2.19. The summed E-state index contributed by atoms with van der Waals surface area (Å²) in [6, 6.07) is 0. The first kappa shape index (κ1) is 75.4. The monoisotopic (exact) mass is 1120 g/mol. The minimum absolute atomic E-state index is 0.0465. The van der Waals surface area contributed by atoms with Crippen molar-refractivity contribution in [2.75, 3.05) is 26.4 Å². The summed E-state index contributed by atoms with van der Waals surface area (Å²) in [6.45, 7) is 3.62. The molecule has 0 aromatic carbocycles. The first-order chi connectivity index (χ1) is 38.8. The van der Waals surface area contributed by atoms with Crippen LogP contribution in [0.4, 0.5) is 0 Å². The van der Waals surface area contributed by atoms with Crippen molar-refractivity contribution < 1.29 is 37.6 Å². The fourth-order valence-corrected chi connectivity index (χ4v) is 9.39. The molecule has 452 valence electrons. The lowest BCUT2D eigenvalue weighted by molar-refractivity contribution is -0.161. The molecule has 0 aliphatic heterocycles. The minimum Gasteiger partial charge on any atom is -0.462 e. The van der Waals surface area contributed by atoms with E-state index >= 15 is 0 Å². The number of carbonyl (C=O) groups excluding carboxylic acids is 2. The van der Waals surface area contributed by atoms with Crippen LogP contribution in [0.3, 0.4) is 0 Å². The molecule has 0 heterocycles. The van der Waals surface area contributed by atoms with Crippen molar-refractivity contribution in [3.63, 3.8) is 0 Å². The quantitative estimate of drug-likeness (QED) is 0.0264. The molecule has 0 amide bonds. The molecule has 3 N–H and O–H groups in total. The van der Waals surface area contributed by atoms with Crippen molar-refractivity contribution in [3.05, 3.63) is 122 Å². The number of allylic oxidation sites excluding steroid dienone is 20. The summed E-state index contributed by atoms with van der Waals surface area (Å²) in [5, 5.41) is 0. The summed E-state index contributed by atoms with van der Waals surface area (Å²) in [4.78, 5) is 35.3. The van der Waals surface area contributed by atoms with E-state index in [2.05, 4.69) is 135 Å². The molecule has 0 aliphatic carbocycles. The van der Waals surface area contributed by atoms with Gasteiger partial charge in [-0.1, -0.05) is 270 Å². The van der Waals surface area contributed by atoms with E-state index in [-0.39, 0.29) is 38.6 Å². The topological polar surface area (TPSA) is 134 Å². The van der Waals surface area contributed by atoms with Crippen molar-refractivity contribution in [1.29, 1.82) is 0 Å². The second-order valence-corrected chi connectivity index (χ2v) is 22.3. The summed E-state index contributed by atoms with van der Waals surface area (Å²) in [6.07, 6.45) is 88.3. The number of hydrogen-bond donors (Lipinski definition) is 2. The van der Waals surface area contributed by atoms with E-state index in [1.165, 1.54) is 135 Å². The van der Waals surface area contributed by atoms with E-state index in [0.29, 0.717) is 6.42 Å². The van der Waals surface area contributed by atoms with Crippen LogP contribution in [0, 0.1) is 0 Å². The van der Waals surface area contributed by atoms with Gasteiger partial charge in [0.25, 0.3) is 0 Å². The van der Waals surface area contributed by atoms with Gasteiger partial charge in [0.15, 0.2) is 6.10 Å². The van der Waals surface area contributed by atoms with Gasteiger partial charge in [0, 0.05) is 19.4 Å². The van der Waals surface area contributed by atoms with Crippen molar-refractivity contribution in [1.82, 2.24) is 0 Å². The molecule has 79 heavy (non-hydrogen) atoms. The summed E-state index contributed by atoms with van der Waals surface area (Å²) in [5.41, 5.74) is 5.39. The molecule has 2 unspecified atom stereocenters. The highest BCUT2D eigenvalue weighted by Gasteiger charge is 2.26. The first-order valence-corrected chi connectivity index (χ1v) is 33.5. The Morgan fingerprint density at radius 3 is 1.04 bits per heavy atom.